The molecule has 2 heteroatoms. The van der Waals surface area contributed by atoms with Crippen molar-refractivity contribution in [2.45, 2.75) is 79.1 Å². The predicted molar refractivity (Wildman–Crippen MR) is 139 cm³/mol. The molecular formula is C30H42O2. The van der Waals surface area contributed by atoms with E-state index < -0.39 is 0 Å². The van der Waals surface area contributed by atoms with Crippen molar-refractivity contribution in [1.29, 1.82) is 0 Å². The van der Waals surface area contributed by atoms with E-state index in [2.05, 4.69) is 76.2 Å². The largest absolute Gasteiger partial charge is 0.492 e. The first-order chi connectivity index (χ1) is 15.7. The molecule has 2 atom stereocenters. The molecule has 174 valence electrons. The molecule has 3 aromatic rings. The van der Waals surface area contributed by atoms with Gasteiger partial charge in [0.25, 0.3) is 0 Å². The van der Waals surface area contributed by atoms with Crippen molar-refractivity contribution in [1.82, 2.24) is 0 Å². The Hall–Kier alpha value is -2.22. The van der Waals surface area contributed by atoms with Gasteiger partial charge in [0.15, 0.2) is 0 Å². The minimum atomic E-state index is 0.604. The summed E-state index contributed by atoms with van der Waals surface area (Å²) < 4.78 is 13.2. The summed E-state index contributed by atoms with van der Waals surface area (Å²) in [7, 11) is 0. The van der Waals surface area contributed by atoms with Gasteiger partial charge in [0, 0.05) is 21.5 Å². The number of ether oxygens (including phenoxy) is 2. The number of benzene rings is 3. The number of unbranched alkanes of at least 4 members (excludes halogenated alkanes) is 2. The fourth-order valence-corrected chi connectivity index (χ4v) is 4.56. The van der Waals surface area contributed by atoms with E-state index in [1.54, 1.807) is 0 Å². The van der Waals surface area contributed by atoms with Crippen LogP contribution in [0, 0.1) is 11.8 Å². The van der Waals surface area contributed by atoms with Gasteiger partial charge in [-0.25, -0.2) is 0 Å². The molecule has 0 heterocycles. The van der Waals surface area contributed by atoms with Gasteiger partial charge in [-0.3, -0.25) is 0 Å². The van der Waals surface area contributed by atoms with Gasteiger partial charge in [-0.2, -0.15) is 0 Å². The van der Waals surface area contributed by atoms with Crippen LogP contribution in [0.5, 0.6) is 11.5 Å². The Morgan fingerprint density at radius 2 is 0.906 bits per heavy atom. The first-order valence-electron chi connectivity index (χ1n) is 12.9. The molecule has 2 nitrogen and oxygen atoms in total. The Labute approximate surface area is 195 Å². The minimum Gasteiger partial charge on any atom is -0.492 e. The van der Waals surface area contributed by atoms with Gasteiger partial charge in [0.05, 0.1) is 13.2 Å². The lowest BCUT2D eigenvalue weighted by atomic mass is 9.98. The van der Waals surface area contributed by atoms with Crippen molar-refractivity contribution in [3.8, 4) is 11.5 Å². The van der Waals surface area contributed by atoms with E-state index in [0.29, 0.717) is 11.8 Å². The SMILES string of the molecule is CCCCC(CC)COc1c2ccccc2c(OCC(CC)CCCC)c2ccccc12. The highest BCUT2D eigenvalue weighted by Gasteiger charge is 2.18. The van der Waals surface area contributed by atoms with Crippen LogP contribution in [0.25, 0.3) is 21.5 Å². The van der Waals surface area contributed by atoms with Crippen LogP contribution in [-0.4, -0.2) is 13.2 Å². The zero-order valence-electron chi connectivity index (χ0n) is 20.7. The molecule has 32 heavy (non-hydrogen) atoms. The first-order valence-corrected chi connectivity index (χ1v) is 12.9. The van der Waals surface area contributed by atoms with Crippen LogP contribution >= 0.6 is 0 Å². The number of rotatable bonds is 14. The lowest BCUT2D eigenvalue weighted by Crippen LogP contribution is -2.13. The normalized spacial score (nSPS) is 13.4. The molecule has 0 saturated carbocycles. The highest BCUT2D eigenvalue weighted by atomic mass is 16.5. The van der Waals surface area contributed by atoms with Gasteiger partial charge in [0.2, 0.25) is 0 Å². The standard InChI is InChI=1S/C30H42O2/c1-5-9-15-23(7-3)21-31-29-25-17-11-13-19-27(25)30(28-20-14-12-18-26(28)29)32-22-24(8-4)16-10-6-2/h11-14,17-20,23-24H,5-10,15-16,21-22H2,1-4H3. The molecule has 0 N–H and O–H groups in total. The second kappa shape index (κ2) is 12.7. The fourth-order valence-electron chi connectivity index (χ4n) is 4.56. The Balaban J connectivity index is 1.97. The van der Waals surface area contributed by atoms with Crippen LogP contribution in [0.3, 0.4) is 0 Å². The van der Waals surface area contributed by atoms with E-state index in [1.807, 2.05) is 0 Å². The van der Waals surface area contributed by atoms with Crippen LogP contribution in [-0.2, 0) is 0 Å². The average Bonchev–Trinajstić information content (AvgIpc) is 2.84. The maximum absolute atomic E-state index is 6.58. The van der Waals surface area contributed by atoms with E-state index >= 15 is 0 Å². The molecule has 0 saturated heterocycles. The molecule has 3 rings (SSSR count). The molecule has 0 amide bonds. The van der Waals surface area contributed by atoms with Gasteiger partial charge in [-0.05, 0) is 24.7 Å². The summed E-state index contributed by atoms with van der Waals surface area (Å²) in [6.45, 7) is 10.6. The van der Waals surface area contributed by atoms with Crippen LogP contribution in [0.4, 0.5) is 0 Å². The van der Waals surface area contributed by atoms with Gasteiger partial charge in [-0.15, -0.1) is 0 Å². The molecule has 2 unspecified atom stereocenters. The summed E-state index contributed by atoms with van der Waals surface area (Å²) >= 11 is 0. The highest BCUT2D eigenvalue weighted by Crippen LogP contribution is 2.43. The van der Waals surface area contributed by atoms with Crippen molar-refractivity contribution in [2.75, 3.05) is 13.2 Å². The number of hydrogen-bond acceptors (Lipinski definition) is 2. The summed E-state index contributed by atoms with van der Waals surface area (Å²) in [4.78, 5) is 0. The molecule has 3 aromatic carbocycles. The Morgan fingerprint density at radius 1 is 0.562 bits per heavy atom. The molecule has 0 aliphatic rings. The lowest BCUT2D eigenvalue weighted by molar-refractivity contribution is 0.234. The van der Waals surface area contributed by atoms with Crippen molar-refractivity contribution in [3.63, 3.8) is 0 Å². The fraction of sp³-hybridized carbons (Fsp3) is 0.533. The maximum Gasteiger partial charge on any atom is 0.135 e. The minimum absolute atomic E-state index is 0.604. The third-order valence-electron chi connectivity index (χ3n) is 6.85. The van der Waals surface area contributed by atoms with Crippen molar-refractivity contribution in [3.05, 3.63) is 48.5 Å². The molecule has 0 spiro atoms. The van der Waals surface area contributed by atoms with E-state index in [4.69, 9.17) is 9.47 Å². The van der Waals surface area contributed by atoms with Crippen molar-refractivity contribution >= 4 is 21.5 Å². The summed E-state index contributed by atoms with van der Waals surface area (Å²) in [5, 5.41) is 4.64. The monoisotopic (exact) mass is 434 g/mol. The van der Waals surface area contributed by atoms with Crippen molar-refractivity contribution < 1.29 is 9.47 Å². The van der Waals surface area contributed by atoms with E-state index in [1.165, 1.54) is 38.5 Å². The summed E-state index contributed by atoms with van der Waals surface area (Å²) in [6.07, 6.45) is 9.82. The molecule has 0 radical (unpaired) electrons. The summed E-state index contributed by atoms with van der Waals surface area (Å²) in [5.74, 6) is 3.23. The van der Waals surface area contributed by atoms with Gasteiger partial charge < -0.3 is 9.47 Å². The third-order valence-corrected chi connectivity index (χ3v) is 6.85. The highest BCUT2D eigenvalue weighted by molar-refractivity contribution is 6.11. The molecule has 0 aliphatic heterocycles. The smallest absolute Gasteiger partial charge is 0.135 e. The second-order valence-electron chi connectivity index (χ2n) is 9.20. The topological polar surface area (TPSA) is 18.5 Å². The van der Waals surface area contributed by atoms with E-state index in [9.17, 15) is 0 Å². The Morgan fingerprint density at radius 3 is 1.19 bits per heavy atom. The lowest BCUT2D eigenvalue weighted by Gasteiger charge is -2.22. The number of hydrogen-bond donors (Lipinski definition) is 0. The summed E-state index contributed by atoms with van der Waals surface area (Å²) in [6, 6.07) is 17.2. The average molecular weight is 435 g/mol. The molecule has 0 bridgehead atoms. The first kappa shape index (κ1) is 24.4. The molecule has 0 fully saturated rings. The van der Waals surface area contributed by atoms with Crippen LogP contribution in [0.15, 0.2) is 48.5 Å². The quantitative estimate of drug-likeness (QED) is 0.235. The third kappa shape index (κ3) is 5.97. The van der Waals surface area contributed by atoms with Crippen LogP contribution in [0.1, 0.15) is 79.1 Å². The van der Waals surface area contributed by atoms with Gasteiger partial charge in [0.1, 0.15) is 11.5 Å². The molecular weight excluding hydrogens is 392 g/mol. The van der Waals surface area contributed by atoms with Gasteiger partial charge in [-0.1, -0.05) is 115 Å². The molecule has 0 aromatic heterocycles. The van der Waals surface area contributed by atoms with Crippen LogP contribution < -0.4 is 9.47 Å². The maximum atomic E-state index is 6.58. The van der Waals surface area contributed by atoms with E-state index in [0.717, 1.165) is 59.1 Å². The zero-order valence-corrected chi connectivity index (χ0v) is 20.7. The second-order valence-corrected chi connectivity index (χ2v) is 9.20. The summed E-state index contributed by atoms with van der Waals surface area (Å²) in [5.41, 5.74) is 0. The van der Waals surface area contributed by atoms with Crippen molar-refractivity contribution in [2.24, 2.45) is 11.8 Å². The Bertz CT molecular complexity index is 827. The molecule has 0 aliphatic carbocycles. The van der Waals surface area contributed by atoms with Gasteiger partial charge >= 0.3 is 0 Å². The zero-order chi connectivity index (χ0) is 22.8. The predicted octanol–water partition coefficient (Wildman–Crippen LogP) is 9.18. The van der Waals surface area contributed by atoms with Crippen LogP contribution in [0.2, 0.25) is 0 Å². The van der Waals surface area contributed by atoms with E-state index in [-0.39, 0.29) is 0 Å². The Kier molecular flexibility index (Phi) is 9.71. The number of fused-ring (bicyclic) bond motifs is 2.